The number of nitrogens with one attached hydrogen (secondary N) is 1. The average Bonchev–Trinajstić information content (AvgIpc) is 3.05. The van der Waals surface area contributed by atoms with E-state index in [4.69, 9.17) is 5.11 Å². The van der Waals surface area contributed by atoms with Crippen molar-refractivity contribution < 1.29 is 9.90 Å². The first-order chi connectivity index (χ1) is 14.0. The lowest BCUT2D eigenvalue weighted by atomic mass is 10.2. The number of aromatic carboxylic acids is 1. The van der Waals surface area contributed by atoms with Gasteiger partial charge < -0.3 is 10.0 Å². The zero-order valence-corrected chi connectivity index (χ0v) is 16.7. The van der Waals surface area contributed by atoms with Gasteiger partial charge in [0.25, 0.3) is 5.56 Å². The quantitative estimate of drug-likeness (QED) is 0.667. The van der Waals surface area contributed by atoms with Gasteiger partial charge in [-0.05, 0) is 63.2 Å². The maximum atomic E-state index is 13.0. The maximum Gasteiger partial charge on any atom is 0.335 e. The highest BCUT2D eigenvalue weighted by atomic mass is 16.4. The summed E-state index contributed by atoms with van der Waals surface area (Å²) in [4.78, 5) is 30.7. The fraction of sp³-hybridized carbons (Fsp3) is 0.227. The number of carboxylic acid groups (broad SMARTS) is 1. The van der Waals surface area contributed by atoms with Gasteiger partial charge in [-0.25, -0.2) is 9.48 Å². The van der Waals surface area contributed by atoms with Gasteiger partial charge in [0.2, 0.25) is 0 Å². The van der Waals surface area contributed by atoms with E-state index in [9.17, 15) is 9.59 Å². The van der Waals surface area contributed by atoms with E-state index in [1.54, 1.807) is 18.2 Å². The van der Waals surface area contributed by atoms with Crippen LogP contribution in [0.25, 0.3) is 17.8 Å². The number of hydrogen-bond acceptors (Lipinski definition) is 4. The van der Waals surface area contributed by atoms with E-state index in [0.717, 1.165) is 18.8 Å². The molecule has 0 fully saturated rings. The van der Waals surface area contributed by atoms with Crippen LogP contribution in [-0.2, 0) is 0 Å². The van der Waals surface area contributed by atoms with Crippen LogP contribution in [-0.4, -0.2) is 38.9 Å². The molecule has 2 N–H and O–H groups in total. The van der Waals surface area contributed by atoms with Gasteiger partial charge in [0.15, 0.2) is 0 Å². The molecule has 7 nitrogen and oxygen atoms in total. The number of hydrogen-bond donors (Lipinski definition) is 2. The van der Waals surface area contributed by atoms with Crippen molar-refractivity contribution in [3.05, 3.63) is 74.8 Å². The van der Waals surface area contributed by atoms with Crippen molar-refractivity contribution in [2.75, 3.05) is 18.0 Å². The average molecular weight is 392 g/mol. The molecule has 0 spiro atoms. The van der Waals surface area contributed by atoms with Gasteiger partial charge in [-0.1, -0.05) is 6.08 Å². The van der Waals surface area contributed by atoms with Gasteiger partial charge in [0.05, 0.1) is 39.4 Å². The first-order valence-electron chi connectivity index (χ1n) is 9.52. The van der Waals surface area contributed by atoms with Crippen molar-refractivity contribution in [2.24, 2.45) is 0 Å². The summed E-state index contributed by atoms with van der Waals surface area (Å²) in [6.07, 6.45) is 5.38. The SMILES string of the molecule is CC=c1[nH]n(-c2ccc(C(=O)O)cc2)c(=O)c1=Cc1ccc(N(CC)CC)cn1. The Hall–Kier alpha value is -3.61. The molecule has 7 heteroatoms. The Balaban J connectivity index is 2.04. The number of pyridine rings is 1. The molecular formula is C22H24N4O3. The highest BCUT2D eigenvalue weighted by Crippen LogP contribution is 2.12. The molecule has 0 atom stereocenters. The van der Waals surface area contributed by atoms with E-state index in [1.807, 2.05) is 31.3 Å². The molecule has 0 aliphatic heterocycles. The number of aromatic amines is 1. The van der Waals surface area contributed by atoms with Gasteiger partial charge in [0, 0.05) is 13.1 Å². The molecule has 0 saturated carbocycles. The summed E-state index contributed by atoms with van der Waals surface area (Å²) in [5.41, 5.74) is 2.23. The molecule has 2 heterocycles. The molecule has 150 valence electrons. The molecule has 2 aromatic heterocycles. The second-order valence-corrected chi connectivity index (χ2v) is 6.48. The summed E-state index contributed by atoms with van der Waals surface area (Å²) in [7, 11) is 0. The Labute approximate surface area is 168 Å². The minimum Gasteiger partial charge on any atom is -0.478 e. The molecule has 0 unspecified atom stereocenters. The molecule has 0 aliphatic carbocycles. The maximum absolute atomic E-state index is 13.0. The molecule has 3 rings (SSSR count). The van der Waals surface area contributed by atoms with Crippen molar-refractivity contribution in [1.82, 2.24) is 14.8 Å². The van der Waals surface area contributed by atoms with Crippen LogP contribution in [0.2, 0.25) is 0 Å². The number of aromatic nitrogens is 3. The van der Waals surface area contributed by atoms with Crippen LogP contribution in [0.3, 0.4) is 0 Å². The summed E-state index contributed by atoms with van der Waals surface area (Å²) in [5.74, 6) is -1.01. The molecular weight excluding hydrogens is 368 g/mol. The zero-order chi connectivity index (χ0) is 21.0. The van der Waals surface area contributed by atoms with E-state index in [2.05, 4.69) is 28.8 Å². The number of nitrogens with zero attached hydrogens (tertiary/aromatic N) is 3. The van der Waals surface area contributed by atoms with Crippen LogP contribution in [0.15, 0.2) is 47.4 Å². The fourth-order valence-electron chi connectivity index (χ4n) is 3.17. The van der Waals surface area contributed by atoms with E-state index in [-0.39, 0.29) is 11.1 Å². The van der Waals surface area contributed by atoms with Gasteiger partial charge in [-0.3, -0.25) is 14.9 Å². The Morgan fingerprint density at radius 1 is 1.17 bits per heavy atom. The Kier molecular flexibility index (Phi) is 5.97. The number of rotatable bonds is 6. The van der Waals surface area contributed by atoms with E-state index in [0.29, 0.717) is 21.9 Å². The number of benzene rings is 1. The molecule has 0 saturated heterocycles. The summed E-state index contributed by atoms with van der Waals surface area (Å²) in [6, 6.07) is 10.0. The van der Waals surface area contributed by atoms with Crippen LogP contribution in [0, 0.1) is 0 Å². The van der Waals surface area contributed by atoms with Crippen LogP contribution < -0.4 is 21.0 Å². The van der Waals surface area contributed by atoms with Crippen LogP contribution in [0.1, 0.15) is 36.8 Å². The Bertz CT molecular complexity index is 1170. The minimum absolute atomic E-state index is 0.167. The molecule has 1 aromatic carbocycles. The highest BCUT2D eigenvalue weighted by molar-refractivity contribution is 5.87. The summed E-state index contributed by atoms with van der Waals surface area (Å²) in [6.45, 7) is 7.84. The first-order valence-corrected chi connectivity index (χ1v) is 9.52. The fourth-order valence-corrected chi connectivity index (χ4v) is 3.17. The molecule has 0 radical (unpaired) electrons. The standard InChI is InChI=1S/C22H24N4O3/c1-4-20-19(13-16-9-12-18(14-23-16)25(5-2)6-3)21(27)26(24-20)17-10-7-15(8-11-17)22(28)29/h4,7-14,24H,5-6H2,1-3H3,(H,28,29). The third kappa shape index (κ3) is 4.13. The van der Waals surface area contributed by atoms with Gasteiger partial charge in [0.1, 0.15) is 0 Å². The van der Waals surface area contributed by atoms with Gasteiger partial charge in [-0.15, -0.1) is 0 Å². The lowest BCUT2D eigenvalue weighted by molar-refractivity contribution is 0.0697. The monoisotopic (exact) mass is 392 g/mol. The van der Waals surface area contributed by atoms with Crippen molar-refractivity contribution in [1.29, 1.82) is 0 Å². The van der Waals surface area contributed by atoms with E-state index >= 15 is 0 Å². The van der Waals surface area contributed by atoms with Crippen LogP contribution >= 0.6 is 0 Å². The lowest BCUT2D eigenvalue weighted by Crippen LogP contribution is -2.34. The van der Waals surface area contributed by atoms with Crippen molar-refractivity contribution in [3.63, 3.8) is 0 Å². The second-order valence-electron chi connectivity index (χ2n) is 6.48. The van der Waals surface area contributed by atoms with Crippen molar-refractivity contribution in [2.45, 2.75) is 20.8 Å². The molecule has 29 heavy (non-hydrogen) atoms. The number of carboxylic acids is 1. The Morgan fingerprint density at radius 3 is 2.38 bits per heavy atom. The van der Waals surface area contributed by atoms with Crippen molar-refractivity contribution in [3.8, 4) is 5.69 Å². The van der Waals surface area contributed by atoms with Crippen molar-refractivity contribution >= 4 is 23.8 Å². The van der Waals surface area contributed by atoms with Crippen LogP contribution in [0.4, 0.5) is 5.69 Å². The molecule has 0 aliphatic rings. The largest absolute Gasteiger partial charge is 0.478 e. The van der Waals surface area contributed by atoms with E-state index < -0.39 is 5.97 Å². The van der Waals surface area contributed by atoms with Crippen LogP contribution in [0.5, 0.6) is 0 Å². The number of H-pyrrole nitrogens is 1. The number of carbonyl (C=O) groups is 1. The second kappa shape index (κ2) is 8.60. The predicted octanol–water partition coefficient (Wildman–Crippen LogP) is 1.73. The summed E-state index contributed by atoms with van der Waals surface area (Å²) >= 11 is 0. The predicted molar refractivity (Wildman–Crippen MR) is 114 cm³/mol. The number of anilines is 1. The molecule has 3 aromatic rings. The minimum atomic E-state index is -1.01. The topological polar surface area (TPSA) is 91.2 Å². The first kappa shape index (κ1) is 20.1. The van der Waals surface area contributed by atoms with E-state index in [1.165, 1.54) is 16.8 Å². The van der Waals surface area contributed by atoms with Gasteiger partial charge in [-0.2, -0.15) is 0 Å². The normalized spacial score (nSPS) is 12.4. The van der Waals surface area contributed by atoms with Gasteiger partial charge >= 0.3 is 5.97 Å². The highest BCUT2D eigenvalue weighted by Gasteiger charge is 2.08. The Morgan fingerprint density at radius 2 is 1.86 bits per heavy atom. The summed E-state index contributed by atoms with van der Waals surface area (Å²) in [5, 5.41) is 13.3. The third-order valence-corrected chi connectivity index (χ3v) is 4.81. The smallest absolute Gasteiger partial charge is 0.335 e. The zero-order valence-electron chi connectivity index (χ0n) is 16.7. The third-order valence-electron chi connectivity index (χ3n) is 4.81. The molecule has 0 amide bonds. The lowest BCUT2D eigenvalue weighted by Gasteiger charge is -2.20. The summed E-state index contributed by atoms with van der Waals surface area (Å²) < 4.78 is 1.40. The molecule has 0 bridgehead atoms.